The van der Waals surface area contributed by atoms with Gasteiger partial charge in [-0.05, 0) is 70.6 Å². The minimum absolute atomic E-state index is 0.112. The summed E-state index contributed by atoms with van der Waals surface area (Å²) in [4.78, 5) is 25.4. The van der Waals surface area contributed by atoms with Gasteiger partial charge >= 0.3 is 11.9 Å². The van der Waals surface area contributed by atoms with Crippen molar-refractivity contribution in [3.8, 4) is 0 Å². The number of esters is 2. The molecule has 4 N–H and O–H groups in total. The van der Waals surface area contributed by atoms with E-state index in [0.29, 0.717) is 19.3 Å². The lowest BCUT2D eigenvalue weighted by molar-refractivity contribution is -0.297. The molecule has 6 atom stereocenters. The molecule has 1 rings (SSSR count). The van der Waals surface area contributed by atoms with Gasteiger partial charge in [0.15, 0.2) is 12.4 Å². The molecule has 0 aromatic heterocycles. The first-order valence-electron chi connectivity index (χ1n) is 23.2. The fraction of sp³-hybridized carbons (Fsp3) is 0.787. The number of rotatable bonds is 38. The van der Waals surface area contributed by atoms with Gasteiger partial charge in [-0.25, -0.2) is 0 Å². The molecule has 0 amide bonds. The average Bonchev–Trinajstić information content (AvgIpc) is 3.21. The van der Waals surface area contributed by atoms with E-state index in [-0.39, 0.29) is 19.4 Å². The smallest absolute Gasteiger partial charge is 0.306 e. The van der Waals surface area contributed by atoms with Crippen LogP contribution in [0.5, 0.6) is 0 Å². The van der Waals surface area contributed by atoms with Crippen molar-refractivity contribution in [3.63, 3.8) is 0 Å². The molecule has 2 unspecified atom stereocenters. The number of hydrogen-bond acceptors (Lipinski definition) is 11. The Kier molecular flexibility index (Phi) is 34.5. The summed E-state index contributed by atoms with van der Waals surface area (Å²) in [7, 11) is -4.61. The van der Waals surface area contributed by atoms with E-state index in [2.05, 4.69) is 56.4 Å². The van der Waals surface area contributed by atoms with E-state index in [4.69, 9.17) is 18.9 Å². The highest BCUT2D eigenvalue weighted by atomic mass is 32.2. The van der Waals surface area contributed by atoms with Gasteiger partial charge in [0.25, 0.3) is 10.1 Å². The van der Waals surface area contributed by atoms with Crippen LogP contribution in [-0.2, 0) is 38.7 Å². The topological polar surface area (TPSA) is 186 Å². The lowest BCUT2D eigenvalue weighted by Crippen LogP contribution is -2.60. The number of hydrogen-bond donors (Lipinski definition) is 4. The fourth-order valence-electron chi connectivity index (χ4n) is 6.75. The van der Waals surface area contributed by atoms with Crippen LogP contribution in [0.2, 0.25) is 0 Å². The lowest BCUT2D eigenvalue weighted by Gasteiger charge is -2.40. The quantitative estimate of drug-likeness (QED) is 0.0200. The predicted molar refractivity (Wildman–Crippen MR) is 238 cm³/mol. The van der Waals surface area contributed by atoms with E-state index in [1.807, 2.05) is 6.08 Å². The van der Waals surface area contributed by atoms with Crippen LogP contribution in [0.1, 0.15) is 181 Å². The summed E-state index contributed by atoms with van der Waals surface area (Å²) in [6.45, 7) is 3.69. The van der Waals surface area contributed by atoms with E-state index < -0.39 is 71.2 Å². The largest absolute Gasteiger partial charge is 0.462 e. The first-order chi connectivity index (χ1) is 29.0. The van der Waals surface area contributed by atoms with Crippen LogP contribution in [0.3, 0.4) is 0 Å². The minimum Gasteiger partial charge on any atom is -0.462 e. The number of unbranched alkanes of at least 4 members (excludes halogenated alkanes) is 18. The molecule has 348 valence electrons. The van der Waals surface area contributed by atoms with E-state index in [1.165, 1.54) is 96.3 Å². The van der Waals surface area contributed by atoms with Crippen molar-refractivity contribution in [2.45, 2.75) is 218 Å². The van der Waals surface area contributed by atoms with Gasteiger partial charge in [0.05, 0.1) is 6.61 Å². The molecular weight excluding hydrogens is 789 g/mol. The van der Waals surface area contributed by atoms with Gasteiger partial charge in [0.1, 0.15) is 36.8 Å². The van der Waals surface area contributed by atoms with E-state index >= 15 is 0 Å². The van der Waals surface area contributed by atoms with Gasteiger partial charge < -0.3 is 34.3 Å². The van der Waals surface area contributed by atoms with Gasteiger partial charge in [-0.3, -0.25) is 14.1 Å². The van der Waals surface area contributed by atoms with Gasteiger partial charge in [-0.15, -0.1) is 0 Å². The van der Waals surface area contributed by atoms with E-state index in [9.17, 15) is 37.9 Å². The molecule has 0 saturated carbocycles. The SMILES string of the molecule is CCCCCCCC/C=C/C/C=C/CCCCC(=O)O[C@H](COC(=O)CCC/C=C/C/C=C/CCCCCCCCCCC)CO[C@H]1O[C@H](CS(=O)(=O)O)[C@@H](O)C(O)C1O. The number of aliphatic hydroxyl groups is 3. The second kappa shape index (κ2) is 37.2. The normalized spacial score (nSPS) is 20.5. The molecule has 0 aromatic rings. The second-order valence-corrected chi connectivity index (χ2v) is 17.6. The number of carbonyl (C=O) groups is 2. The Hall–Kier alpha value is -2.39. The highest BCUT2D eigenvalue weighted by Gasteiger charge is 2.46. The Labute approximate surface area is 363 Å². The van der Waals surface area contributed by atoms with Crippen LogP contribution in [0.4, 0.5) is 0 Å². The van der Waals surface area contributed by atoms with Crippen LogP contribution in [0.15, 0.2) is 48.6 Å². The molecule has 13 heteroatoms. The maximum absolute atomic E-state index is 12.8. The number of carbonyl (C=O) groups excluding carboxylic acids is 2. The minimum atomic E-state index is -4.61. The first kappa shape index (κ1) is 55.6. The van der Waals surface area contributed by atoms with Crippen LogP contribution < -0.4 is 0 Å². The monoisotopic (exact) mass is 871 g/mol. The predicted octanol–water partition coefficient (Wildman–Crippen LogP) is 9.56. The second-order valence-electron chi connectivity index (χ2n) is 16.1. The van der Waals surface area contributed by atoms with E-state index in [1.54, 1.807) is 0 Å². The molecule has 0 radical (unpaired) electrons. The summed E-state index contributed by atoms with van der Waals surface area (Å²) in [6, 6.07) is 0. The highest BCUT2D eigenvalue weighted by molar-refractivity contribution is 7.85. The van der Waals surface area contributed by atoms with Crippen LogP contribution in [-0.4, -0.2) is 96.0 Å². The molecule has 1 aliphatic heterocycles. The summed E-state index contributed by atoms with van der Waals surface area (Å²) in [5.41, 5.74) is 0. The van der Waals surface area contributed by atoms with E-state index in [0.717, 1.165) is 38.5 Å². The van der Waals surface area contributed by atoms with Crippen molar-refractivity contribution in [2.24, 2.45) is 0 Å². The van der Waals surface area contributed by atoms with Crippen molar-refractivity contribution in [2.75, 3.05) is 19.0 Å². The van der Waals surface area contributed by atoms with Crippen LogP contribution in [0.25, 0.3) is 0 Å². The van der Waals surface area contributed by atoms with Crippen LogP contribution in [0, 0.1) is 0 Å². The average molecular weight is 871 g/mol. The van der Waals surface area contributed by atoms with Crippen molar-refractivity contribution >= 4 is 22.1 Å². The molecule has 0 spiro atoms. The third-order valence-corrected chi connectivity index (χ3v) is 11.1. The van der Waals surface area contributed by atoms with Gasteiger partial charge in [0, 0.05) is 12.8 Å². The Balaban J connectivity index is 2.49. The summed E-state index contributed by atoms with van der Waals surface area (Å²) in [6.07, 6.45) is 34.5. The molecule has 1 fully saturated rings. The Morgan fingerprint density at radius 2 is 1.02 bits per heavy atom. The molecule has 0 bridgehead atoms. The Bertz CT molecular complexity index is 1300. The summed E-state index contributed by atoms with van der Waals surface area (Å²) in [5.74, 6) is -2.09. The molecule has 60 heavy (non-hydrogen) atoms. The van der Waals surface area contributed by atoms with Gasteiger partial charge in [-0.1, -0.05) is 146 Å². The summed E-state index contributed by atoms with van der Waals surface area (Å²) < 4.78 is 54.0. The van der Waals surface area contributed by atoms with Crippen molar-refractivity contribution in [3.05, 3.63) is 48.6 Å². The molecule has 1 heterocycles. The standard InChI is InChI=1S/C47H82O12S/c1-3-5-7-9-11-13-15-17-19-20-22-23-25-27-29-31-33-35-42(48)56-37-40(38-57-47-46(52)45(51)44(50)41(59-47)39-60(53,54)55)58-43(49)36-34-32-30-28-26-24-21-18-16-14-12-10-8-6-4-2/h18,21-23,26-29,40-41,44-47,50-52H,3-17,19-20,24-25,30-39H2,1-2H3,(H,53,54,55)/b21-18+,23-22+,28-26+,29-27+/t40-,41-,44-,45?,46?,47+/m1/s1. The zero-order chi connectivity index (χ0) is 44.1. The fourth-order valence-corrected chi connectivity index (χ4v) is 7.44. The zero-order valence-corrected chi connectivity index (χ0v) is 37.9. The lowest BCUT2D eigenvalue weighted by atomic mass is 10.00. The molecule has 0 aromatic carbocycles. The van der Waals surface area contributed by atoms with Crippen molar-refractivity contribution < 1.29 is 56.8 Å². The Morgan fingerprint density at radius 1 is 0.567 bits per heavy atom. The molecule has 12 nitrogen and oxygen atoms in total. The third-order valence-electron chi connectivity index (χ3n) is 10.4. The van der Waals surface area contributed by atoms with Crippen molar-refractivity contribution in [1.29, 1.82) is 0 Å². The first-order valence-corrected chi connectivity index (χ1v) is 24.8. The Morgan fingerprint density at radius 3 is 1.52 bits per heavy atom. The number of ether oxygens (including phenoxy) is 4. The summed E-state index contributed by atoms with van der Waals surface area (Å²) in [5, 5.41) is 30.9. The number of allylic oxidation sites excluding steroid dienone is 8. The molecule has 0 aliphatic carbocycles. The molecule has 1 saturated heterocycles. The zero-order valence-electron chi connectivity index (χ0n) is 37.1. The molecular formula is C47H82O12S. The maximum atomic E-state index is 12.8. The van der Waals surface area contributed by atoms with Gasteiger partial charge in [-0.2, -0.15) is 8.42 Å². The van der Waals surface area contributed by atoms with Crippen molar-refractivity contribution in [1.82, 2.24) is 0 Å². The summed E-state index contributed by atoms with van der Waals surface area (Å²) >= 11 is 0. The van der Waals surface area contributed by atoms with Crippen LogP contribution >= 0.6 is 0 Å². The van der Waals surface area contributed by atoms with Gasteiger partial charge in [0.2, 0.25) is 0 Å². The third kappa shape index (κ3) is 31.5. The molecule has 1 aliphatic rings. The maximum Gasteiger partial charge on any atom is 0.306 e. The highest BCUT2D eigenvalue weighted by Crippen LogP contribution is 2.24. The number of aliphatic hydroxyl groups excluding tert-OH is 3.